The van der Waals surface area contributed by atoms with Crippen molar-refractivity contribution >= 4 is 11.7 Å². The third-order valence-corrected chi connectivity index (χ3v) is 8.74. The first-order chi connectivity index (χ1) is 13.4. The quantitative estimate of drug-likeness (QED) is 0.660. The van der Waals surface area contributed by atoms with Crippen molar-refractivity contribution < 1.29 is 9.53 Å². The summed E-state index contributed by atoms with van der Waals surface area (Å²) in [6.45, 7) is 6.53. The highest BCUT2D eigenvalue weighted by Crippen LogP contribution is 2.65. The average Bonchev–Trinajstić information content (AvgIpc) is 3.28. The Balaban J connectivity index is 1.38. The van der Waals surface area contributed by atoms with Crippen LogP contribution in [0.5, 0.6) is 0 Å². The van der Waals surface area contributed by atoms with Crippen molar-refractivity contribution in [3.05, 3.63) is 36.4 Å². The van der Waals surface area contributed by atoms with Crippen LogP contribution in [0.25, 0.3) is 5.70 Å². The molecule has 0 saturated heterocycles. The highest BCUT2D eigenvalue weighted by Gasteiger charge is 2.56. The fourth-order valence-corrected chi connectivity index (χ4v) is 7.31. The highest BCUT2D eigenvalue weighted by atomic mass is 16.5. The molecule has 4 aliphatic carbocycles. The largest absolute Gasteiger partial charge is 0.463 e. The summed E-state index contributed by atoms with van der Waals surface area (Å²) in [6.07, 6.45) is 19.2. The maximum atomic E-state index is 11.4. The number of ether oxygens (including phenoxy) is 1. The van der Waals surface area contributed by atoms with Crippen LogP contribution in [0.4, 0.5) is 0 Å². The van der Waals surface area contributed by atoms with Crippen molar-refractivity contribution in [1.82, 2.24) is 9.55 Å². The smallest absolute Gasteiger partial charge is 0.302 e. The summed E-state index contributed by atoms with van der Waals surface area (Å²) >= 11 is 0. The van der Waals surface area contributed by atoms with Crippen molar-refractivity contribution in [3.8, 4) is 0 Å². The Kier molecular flexibility index (Phi) is 4.12. The summed E-state index contributed by atoms with van der Waals surface area (Å²) < 4.78 is 7.80. The van der Waals surface area contributed by atoms with Crippen molar-refractivity contribution in [2.24, 2.45) is 28.6 Å². The zero-order valence-electron chi connectivity index (χ0n) is 17.4. The first-order valence-corrected chi connectivity index (χ1v) is 11.0. The van der Waals surface area contributed by atoms with Gasteiger partial charge in [0.25, 0.3) is 0 Å². The number of rotatable bonds is 2. The van der Waals surface area contributed by atoms with E-state index in [1.54, 1.807) is 12.5 Å². The molecule has 1 aromatic rings. The predicted molar refractivity (Wildman–Crippen MR) is 109 cm³/mol. The van der Waals surface area contributed by atoms with Gasteiger partial charge in [-0.1, -0.05) is 25.5 Å². The van der Waals surface area contributed by atoms with E-state index >= 15 is 0 Å². The molecule has 0 amide bonds. The minimum Gasteiger partial charge on any atom is -0.463 e. The van der Waals surface area contributed by atoms with Gasteiger partial charge in [-0.3, -0.25) is 4.79 Å². The Hall–Kier alpha value is -1.84. The van der Waals surface area contributed by atoms with Crippen LogP contribution in [0, 0.1) is 28.6 Å². The minimum absolute atomic E-state index is 0.120. The Labute approximate surface area is 168 Å². The van der Waals surface area contributed by atoms with E-state index in [4.69, 9.17) is 4.74 Å². The molecule has 6 unspecified atom stereocenters. The minimum atomic E-state index is -0.120. The molecule has 3 fully saturated rings. The van der Waals surface area contributed by atoms with Crippen molar-refractivity contribution in [2.45, 2.75) is 71.8 Å². The van der Waals surface area contributed by atoms with Gasteiger partial charge in [-0.05, 0) is 74.2 Å². The molecule has 1 heterocycles. The van der Waals surface area contributed by atoms with Gasteiger partial charge >= 0.3 is 5.97 Å². The number of hydrogen-bond donors (Lipinski definition) is 0. The average molecular weight is 381 g/mol. The summed E-state index contributed by atoms with van der Waals surface area (Å²) in [7, 11) is 0. The highest BCUT2D eigenvalue weighted by molar-refractivity contribution is 5.66. The molecule has 0 bridgehead atoms. The van der Waals surface area contributed by atoms with Crippen LogP contribution in [0.3, 0.4) is 0 Å². The molecule has 4 aliphatic rings. The number of esters is 1. The van der Waals surface area contributed by atoms with E-state index in [0.717, 1.165) is 18.8 Å². The van der Waals surface area contributed by atoms with E-state index in [9.17, 15) is 4.79 Å². The molecule has 0 aliphatic heterocycles. The molecule has 0 N–H and O–H groups in total. The van der Waals surface area contributed by atoms with Crippen LogP contribution >= 0.6 is 0 Å². The number of hydrogen-bond acceptors (Lipinski definition) is 3. The van der Waals surface area contributed by atoms with Gasteiger partial charge in [0.05, 0.1) is 6.33 Å². The van der Waals surface area contributed by atoms with Crippen LogP contribution in [0.2, 0.25) is 0 Å². The van der Waals surface area contributed by atoms with Crippen molar-refractivity contribution in [3.63, 3.8) is 0 Å². The first kappa shape index (κ1) is 18.2. The Morgan fingerprint density at radius 3 is 2.79 bits per heavy atom. The lowest BCUT2D eigenvalue weighted by Gasteiger charge is -2.59. The number of imidazole rings is 1. The molecule has 0 aromatic carbocycles. The number of carbonyl (C=O) groups excluding carboxylic acids is 1. The Bertz CT molecular complexity index is 839. The van der Waals surface area contributed by atoms with Gasteiger partial charge in [-0.15, -0.1) is 0 Å². The summed E-state index contributed by atoms with van der Waals surface area (Å²) in [5.74, 6) is 2.03. The lowest BCUT2D eigenvalue weighted by Crippen LogP contribution is -2.51. The van der Waals surface area contributed by atoms with Crippen LogP contribution < -0.4 is 0 Å². The second-order valence-corrected chi connectivity index (χ2v) is 10.0. The summed E-state index contributed by atoms with van der Waals surface area (Å²) in [6, 6.07) is 0. The predicted octanol–water partition coefficient (Wildman–Crippen LogP) is 5.23. The lowest BCUT2D eigenvalue weighted by atomic mass is 9.46. The van der Waals surface area contributed by atoms with E-state index < -0.39 is 0 Å². The number of carbonyl (C=O) groups is 1. The zero-order valence-corrected chi connectivity index (χ0v) is 17.4. The van der Waals surface area contributed by atoms with E-state index in [1.165, 1.54) is 37.8 Å². The lowest BCUT2D eigenvalue weighted by molar-refractivity contribution is -0.154. The first-order valence-electron chi connectivity index (χ1n) is 11.0. The Morgan fingerprint density at radius 2 is 2.04 bits per heavy atom. The molecular formula is C24H32N2O2. The molecular weight excluding hydrogens is 348 g/mol. The number of nitrogens with zero attached hydrogens (tertiary/aromatic N) is 2. The van der Waals surface area contributed by atoms with Crippen LogP contribution in [0.15, 0.2) is 36.4 Å². The van der Waals surface area contributed by atoms with Gasteiger partial charge in [-0.25, -0.2) is 4.98 Å². The normalized spacial score (nSPS) is 42.0. The molecule has 5 rings (SSSR count). The van der Waals surface area contributed by atoms with E-state index in [1.807, 2.05) is 12.5 Å². The zero-order chi connectivity index (χ0) is 19.5. The third-order valence-electron chi connectivity index (χ3n) is 8.74. The van der Waals surface area contributed by atoms with Crippen LogP contribution in [0.1, 0.15) is 65.7 Å². The molecule has 1 aromatic heterocycles. The molecule has 150 valence electrons. The van der Waals surface area contributed by atoms with Crippen LogP contribution in [-0.2, 0) is 9.53 Å². The van der Waals surface area contributed by atoms with Gasteiger partial charge in [0.2, 0.25) is 0 Å². The molecule has 6 atom stereocenters. The topological polar surface area (TPSA) is 44.1 Å². The Morgan fingerprint density at radius 1 is 1.18 bits per heavy atom. The summed E-state index contributed by atoms with van der Waals surface area (Å²) in [5, 5.41) is 0. The third kappa shape index (κ3) is 2.56. The maximum absolute atomic E-state index is 11.4. The van der Waals surface area contributed by atoms with E-state index in [2.05, 4.69) is 41.7 Å². The van der Waals surface area contributed by atoms with Crippen LogP contribution in [-0.4, -0.2) is 21.6 Å². The second kappa shape index (κ2) is 6.33. The SMILES string of the molecule is CC(=O)OC1CCC2(C)C(CCC3C4=CC=C(n5ccnc5)C4(C)CCC32)C1. The summed E-state index contributed by atoms with van der Waals surface area (Å²) in [4.78, 5) is 15.7. The van der Waals surface area contributed by atoms with Gasteiger partial charge in [0.15, 0.2) is 0 Å². The van der Waals surface area contributed by atoms with Crippen molar-refractivity contribution in [2.75, 3.05) is 0 Å². The molecule has 4 nitrogen and oxygen atoms in total. The number of aromatic nitrogens is 2. The molecule has 28 heavy (non-hydrogen) atoms. The monoisotopic (exact) mass is 380 g/mol. The number of fused-ring (bicyclic) bond motifs is 5. The van der Waals surface area contributed by atoms with Gasteiger partial charge in [-0.2, -0.15) is 0 Å². The van der Waals surface area contributed by atoms with Crippen molar-refractivity contribution in [1.29, 1.82) is 0 Å². The maximum Gasteiger partial charge on any atom is 0.302 e. The van der Waals surface area contributed by atoms with Gasteiger partial charge in [0, 0.05) is 30.4 Å². The molecule has 3 saturated carbocycles. The fraction of sp³-hybridized carbons (Fsp3) is 0.667. The molecule has 0 radical (unpaired) electrons. The molecule has 0 spiro atoms. The van der Waals surface area contributed by atoms with E-state index in [0.29, 0.717) is 17.3 Å². The summed E-state index contributed by atoms with van der Waals surface area (Å²) in [5.41, 5.74) is 3.60. The van der Waals surface area contributed by atoms with Gasteiger partial charge < -0.3 is 9.30 Å². The second-order valence-electron chi connectivity index (χ2n) is 10.0. The standard InChI is InChI=1S/C24H32N2O2/c1-16(27)28-18-8-10-23(2)17(14-18)4-5-19-20-6-7-22(26-13-12-25-15-26)24(20,3)11-9-21(19)23/h6-7,12-13,15,17-19,21H,4-5,8-11,14H2,1-3H3. The number of allylic oxidation sites excluding steroid dienone is 4. The van der Waals surface area contributed by atoms with Gasteiger partial charge in [0.1, 0.15) is 6.10 Å². The fourth-order valence-electron chi connectivity index (χ4n) is 7.31. The molecule has 4 heteroatoms. The van der Waals surface area contributed by atoms with E-state index in [-0.39, 0.29) is 17.5 Å².